The van der Waals surface area contributed by atoms with Crippen LogP contribution in [-0.2, 0) is 0 Å². The number of nitrogens with zero attached hydrogens (tertiary/aromatic N) is 2. The molecule has 1 unspecified atom stereocenters. The van der Waals surface area contributed by atoms with E-state index in [1.54, 1.807) is 23.7 Å². The molecule has 0 aliphatic rings. The van der Waals surface area contributed by atoms with E-state index in [2.05, 4.69) is 34.3 Å². The van der Waals surface area contributed by atoms with Crippen molar-refractivity contribution in [3.8, 4) is 16.2 Å². The fourth-order valence-electron chi connectivity index (χ4n) is 2.82. The van der Waals surface area contributed by atoms with Gasteiger partial charge in [0.2, 0.25) is 0 Å². The molecule has 0 aliphatic carbocycles. The maximum atomic E-state index is 10.1. The van der Waals surface area contributed by atoms with Gasteiger partial charge in [0.25, 0.3) is 0 Å². The van der Waals surface area contributed by atoms with E-state index in [0.29, 0.717) is 0 Å². The summed E-state index contributed by atoms with van der Waals surface area (Å²) in [5.74, 6) is 1.08. The van der Waals surface area contributed by atoms with E-state index in [1.165, 1.54) is 5.56 Å². The Morgan fingerprint density at radius 3 is 2.56 bits per heavy atom. The third-order valence-corrected chi connectivity index (χ3v) is 5.23. The van der Waals surface area contributed by atoms with Crippen molar-refractivity contribution in [2.75, 3.05) is 5.32 Å². The van der Waals surface area contributed by atoms with Crippen molar-refractivity contribution in [3.05, 3.63) is 72.6 Å². The zero-order valence-electron chi connectivity index (χ0n) is 13.7. The average Bonchev–Trinajstić information content (AvgIpc) is 3.08. The Bertz CT molecular complexity index is 1010. The van der Waals surface area contributed by atoms with Gasteiger partial charge in [-0.2, -0.15) is 0 Å². The van der Waals surface area contributed by atoms with Crippen molar-refractivity contribution < 1.29 is 5.11 Å². The molecule has 2 aromatic carbocycles. The molecule has 5 heteroatoms. The van der Waals surface area contributed by atoms with Gasteiger partial charge in [-0.1, -0.05) is 42.5 Å². The second kappa shape index (κ2) is 6.53. The number of hydrogen-bond acceptors (Lipinski definition) is 5. The second-order valence-corrected chi connectivity index (χ2v) is 6.88. The maximum absolute atomic E-state index is 10.1. The summed E-state index contributed by atoms with van der Waals surface area (Å²) >= 11 is 1.55. The van der Waals surface area contributed by atoms with Crippen LogP contribution in [0.4, 0.5) is 5.82 Å². The number of benzene rings is 2. The number of aromatic hydroxyl groups is 1. The van der Waals surface area contributed by atoms with Crippen molar-refractivity contribution >= 4 is 27.4 Å². The Kier molecular flexibility index (Phi) is 4.07. The van der Waals surface area contributed by atoms with Gasteiger partial charge in [0.1, 0.15) is 22.7 Å². The summed E-state index contributed by atoms with van der Waals surface area (Å²) in [6.07, 6.45) is 1.58. The highest BCUT2D eigenvalue weighted by Gasteiger charge is 2.14. The standard InChI is InChI=1S/C20H17N3OS/c1-13(14-7-3-2-4-8-14)23-19-16-11-18(25-20(16)22-12-21-19)15-9-5-6-10-17(15)24/h2-13,24H,1H3,(H,21,22,23). The maximum Gasteiger partial charge on any atom is 0.138 e. The van der Waals surface area contributed by atoms with Crippen LogP contribution < -0.4 is 5.32 Å². The molecule has 0 fully saturated rings. The molecule has 4 nitrogen and oxygen atoms in total. The summed E-state index contributed by atoms with van der Waals surface area (Å²) in [5.41, 5.74) is 2.01. The highest BCUT2D eigenvalue weighted by molar-refractivity contribution is 7.22. The van der Waals surface area contributed by atoms with Gasteiger partial charge in [-0.3, -0.25) is 0 Å². The first kappa shape index (κ1) is 15.6. The van der Waals surface area contributed by atoms with Crippen LogP contribution in [0.1, 0.15) is 18.5 Å². The summed E-state index contributed by atoms with van der Waals surface area (Å²) in [6.45, 7) is 2.11. The first-order valence-corrected chi connectivity index (χ1v) is 8.88. The van der Waals surface area contributed by atoms with Gasteiger partial charge in [-0.05, 0) is 30.7 Å². The summed E-state index contributed by atoms with van der Waals surface area (Å²) < 4.78 is 0. The lowest BCUT2D eigenvalue weighted by molar-refractivity contribution is 0.477. The summed E-state index contributed by atoms with van der Waals surface area (Å²) in [7, 11) is 0. The molecular weight excluding hydrogens is 330 g/mol. The SMILES string of the molecule is CC(Nc1ncnc2sc(-c3ccccc3O)cc12)c1ccccc1. The Labute approximate surface area is 149 Å². The third kappa shape index (κ3) is 3.06. The van der Waals surface area contributed by atoms with Gasteiger partial charge in [-0.15, -0.1) is 11.3 Å². The van der Waals surface area contributed by atoms with Crippen LogP contribution in [0, 0.1) is 0 Å². The lowest BCUT2D eigenvalue weighted by atomic mass is 10.1. The largest absolute Gasteiger partial charge is 0.507 e. The van der Waals surface area contributed by atoms with Crippen LogP contribution in [0.5, 0.6) is 5.75 Å². The average molecular weight is 347 g/mol. The normalized spacial score (nSPS) is 12.2. The van der Waals surface area contributed by atoms with Crippen molar-refractivity contribution in [1.29, 1.82) is 0 Å². The molecule has 25 heavy (non-hydrogen) atoms. The number of phenolic OH excluding ortho intramolecular Hbond substituents is 1. The number of rotatable bonds is 4. The number of fused-ring (bicyclic) bond motifs is 1. The number of nitrogens with one attached hydrogen (secondary N) is 1. The molecule has 0 radical (unpaired) electrons. The van der Waals surface area contributed by atoms with E-state index < -0.39 is 0 Å². The zero-order valence-corrected chi connectivity index (χ0v) is 14.5. The van der Waals surface area contributed by atoms with Gasteiger partial charge in [0.05, 0.1) is 5.39 Å². The number of para-hydroxylation sites is 1. The predicted molar refractivity (Wildman–Crippen MR) is 103 cm³/mol. The number of anilines is 1. The van der Waals surface area contributed by atoms with Gasteiger partial charge in [0.15, 0.2) is 0 Å². The molecule has 0 amide bonds. The molecule has 0 saturated heterocycles. The monoisotopic (exact) mass is 347 g/mol. The Morgan fingerprint density at radius 2 is 1.76 bits per heavy atom. The van der Waals surface area contributed by atoms with Crippen molar-refractivity contribution in [3.63, 3.8) is 0 Å². The Balaban J connectivity index is 1.72. The van der Waals surface area contributed by atoms with E-state index in [1.807, 2.05) is 42.5 Å². The molecule has 0 bridgehead atoms. The van der Waals surface area contributed by atoms with Gasteiger partial charge in [0, 0.05) is 16.5 Å². The van der Waals surface area contributed by atoms with Crippen molar-refractivity contribution in [2.24, 2.45) is 0 Å². The van der Waals surface area contributed by atoms with E-state index >= 15 is 0 Å². The number of phenols is 1. The number of aromatic nitrogens is 2. The molecule has 4 aromatic rings. The minimum atomic E-state index is 0.132. The van der Waals surface area contributed by atoms with Gasteiger partial charge in [-0.25, -0.2) is 9.97 Å². The van der Waals surface area contributed by atoms with Gasteiger partial charge < -0.3 is 10.4 Å². The zero-order chi connectivity index (χ0) is 17.2. The lowest BCUT2D eigenvalue weighted by Crippen LogP contribution is -2.08. The lowest BCUT2D eigenvalue weighted by Gasteiger charge is -2.15. The van der Waals surface area contributed by atoms with Crippen LogP contribution >= 0.6 is 11.3 Å². The molecule has 1 atom stereocenters. The minimum Gasteiger partial charge on any atom is -0.507 e. The highest BCUT2D eigenvalue weighted by atomic mass is 32.1. The summed E-state index contributed by atoms with van der Waals surface area (Å²) in [6, 6.07) is 19.8. The quantitative estimate of drug-likeness (QED) is 0.530. The van der Waals surface area contributed by atoms with Crippen LogP contribution in [0.25, 0.3) is 20.7 Å². The molecule has 0 aliphatic heterocycles. The summed E-state index contributed by atoms with van der Waals surface area (Å²) in [4.78, 5) is 10.7. The van der Waals surface area contributed by atoms with E-state index in [0.717, 1.165) is 26.5 Å². The molecule has 2 heterocycles. The third-order valence-electron chi connectivity index (χ3n) is 4.15. The molecule has 2 aromatic heterocycles. The smallest absolute Gasteiger partial charge is 0.138 e. The van der Waals surface area contributed by atoms with Crippen molar-refractivity contribution in [1.82, 2.24) is 9.97 Å². The highest BCUT2D eigenvalue weighted by Crippen LogP contribution is 2.39. The first-order chi connectivity index (χ1) is 12.2. The fourth-order valence-corrected chi connectivity index (χ4v) is 3.85. The molecule has 0 spiro atoms. The van der Waals surface area contributed by atoms with E-state index in [9.17, 15) is 5.11 Å². The van der Waals surface area contributed by atoms with E-state index in [-0.39, 0.29) is 11.8 Å². The van der Waals surface area contributed by atoms with Crippen LogP contribution in [-0.4, -0.2) is 15.1 Å². The molecule has 0 saturated carbocycles. The molecule has 4 rings (SSSR count). The van der Waals surface area contributed by atoms with Crippen LogP contribution in [0.3, 0.4) is 0 Å². The van der Waals surface area contributed by atoms with Crippen molar-refractivity contribution in [2.45, 2.75) is 13.0 Å². The molecule has 124 valence electrons. The fraction of sp³-hybridized carbons (Fsp3) is 0.100. The first-order valence-electron chi connectivity index (χ1n) is 8.07. The molecular formula is C20H17N3OS. The summed E-state index contributed by atoms with van der Waals surface area (Å²) in [5, 5.41) is 14.5. The number of hydrogen-bond donors (Lipinski definition) is 2. The Morgan fingerprint density at radius 1 is 1.00 bits per heavy atom. The predicted octanol–water partition coefficient (Wildman–Crippen LogP) is 5.24. The van der Waals surface area contributed by atoms with Crippen LogP contribution in [0.2, 0.25) is 0 Å². The second-order valence-electron chi connectivity index (χ2n) is 5.85. The van der Waals surface area contributed by atoms with Gasteiger partial charge >= 0.3 is 0 Å². The Hall–Kier alpha value is -2.92. The van der Waals surface area contributed by atoms with Crippen LogP contribution in [0.15, 0.2) is 67.0 Å². The topological polar surface area (TPSA) is 58.0 Å². The number of thiophene rings is 1. The minimum absolute atomic E-state index is 0.132. The molecule has 2 N–H and O–H groups in total. The van der Waals surface area contributed by atoms with E-state index in [4.69, 9.17) is 0 Å².